The van der Waals surface area contributed by atoms with Crippen molar-refractivity contribution in [1.82, 2.24) is 9.88 Å². The summed E-state index contributed by atoms with van der Waals surface area (Å²) >= 11 is 5.25. The van der Waals surface area contributed by atoms with Crippen LogP contribution in [-0.2, 0) is 19.6 Å². The lowest BCUT2D eigenvalue weighted by molar-refractivity contribution is 0.632. The zero-order chi connectivity index (χ0) is 11.4. The largest absolute Gasteiger partial charge is 0.351 e. The average molecular weight is 299 g/mol. The van der Waals surface area contributed by atoms with Crippen molar-refractivity contribution >= 4 is 27.3 Å². The molecule has 2 nitrogen and oxygen atoms in total. The molecule has 0 amide bonds. The van der Waals surface area contributed by atoms with Gasteiger partial charge in [-0.2, -0.15) is 0 Å². The zero-order valence-corrected chi connectivity index (χ0v) is 11.6. The summed E-state index contributed by atoms with van der Waals surface area (Å²) in [6.07, 6.45) is 2.12. The van der Waals surface area contributed by atoms with Crippen molar-refractivity contribution in [2.45, 2.75) is 26.6 Å². The molecule has 0 bridgehead atoms. The highest BCUT2D eigenvalue weighted by Gasteiger charge is 2.00. The molecular formula is C12H15BrN2S. The van der Waals surface area contributed by atoms with Gasteiger partial charge in [0.1, 0.15) is 0 Å². The molecule has 0 aromatic carbocycles. The summed E-state index contributed by atoms with van der Waals surface area (Å²) in [6, 6.07) is 8.51. The van der Waals surface area contributed by atoms with E-state index < -0.39 is 0 Å². The van der Waals surface area contributed by atoms with Gasteiger partial charge in [-0.1, -0.05) is 0 Å². The molecule has 0 spiro atoms. The number of aromatic nitrogens is 1. The predicted octanol–water partition coefficient (Wildman–Crippen LogP) is 3.62. The number of rotatable bonds is 5. The molecule has 0 fully saturated rings. The summed E-state index contributed by atoms with van der Waals surface area (Å²) in [7, 11) is 0. The topological polar surface area (TPSA) is 17.0 Å². The molecule has 0 saturated heterocycles. The third-order valence-electron chi connectivity index (χ3n) is 2.50. The fourth-order valence-electron chi connectivity index (χ4n) is 1.68. The Bertz CT molecular complexity index is 447. The molecule has 2 rings (SSSR count). The summed E-state index contributed by atoms with van der Waals surface area (Å²) in [5.74, 6) is 0. The van der Waals surface area contributed by atoms with Gasteiger partial charge in [0.2, 0.25) is 0 Å². The molecule has 0 atom stereocenters. The fourth-order valence-corrected chi connectivity index (χ4v) is 3.13. The summed E-state index contributed by atoms with van der Waals surface area (Å²) in [5, 5.41) is 3.46. The first-order valence-corrected chi connectivity index (χ1v) is 6.99. The quantitative estimate of drug-likeness (QED) is 0.892. The maximum absolute atomic E-state index is 3.47. The molecule has 2 heterocycles. The van der Waals surface area contributed by atoms with Crippen molar-refractivity contribution in [3.8, 4) is 0 Å². The molecule has 0 aliphatic heterocycles. The summed E-state index contributed by atoms with van der Waals surface area (Å²) < 4.78 is 3.46. The highest BCUT2D eigenvalue weighted by atomic mass is 79.9. The van der Waals surface area contributed by atoms with Crippen LogP contribution in [-0.4, -0.2) is 4.57 Å². The van der Waals surface area contributed by atoms with E-state index in [-0.39, 0.29) is 0 Å². The van der Waals surface area contributed by atoms with E-state index in [0.29, 0.717) is 0 Å². The smallest absolute Gasteiger partial charge is 0.0701 e. The summed E-state index contributed by atoms with van der Waals surface area (Å²) in [6.45, 7) is 5.07. The highest BCUT2D eigenvalue weighted by molar-refractivity contribution is 9.11. The summed E-state index contributed by atoms with van der Waals surface area (Å²) in [5.41, 5.74) is 1.35. The van der Waals surface area contributed by atoms with Gasteiger partial charge in [0.25, 0.3) is 0 Å². The van der Waals surface area contributed by atoms with Crippen LogP contribution in [0.1, 0.15) is 17.5 Å². The monoisotopic (exact) mass is 298 g/mol. The Balaban J connectivity index is 1.84. The van der Waals surface area contributed by atoms with Gasteiger partial charge in [-0.3, -0.25) is 0 Å². The van der Waals surface area contributed by atoms with Crippen LogP contribution in [0.2, 0.25) is 0 Å². The van der Waals surface area contributed by atoms with E-state index in [2.05, 4.69) is 63.2 Å². The molecule has 16 heavy (non-hydrogen) atoms. The van der Waals surface area contributed by atoms with Crippen molar-refractivity contribution in [2.24, 2.45) is 0 Å². The third-order valence-corrected chi connectivity index (χ3v) is 4.12. The zero-order valence-electron chi connectivity index (χ0n) is 9.24. The Morgan fingerprint density at radius 3 is 2.88 bits per heavy atom. The SMILES string of the molecule is CCn1cccc1CNCc1ccc(Br)s1. The van der Waals surface area contributed by atoms with Crippen molar-refractivity contribution in [3.63, 3.8) is 0 Å². The Labute approximate surface area is 108 Å². The average Bonchev–Trinajstić information content (AvgIpc) is 2.87. The van der Waals surface area contributed by atoms with Crippen LogP contribution in [0.4, 0.5) is 0 Å². The van der Waals surface area contributed by atoms with Gasteiger partial charge in [-0.15, -0.1) is 11.3 Å². The summed E-state index contributed by atoms with van der Waals surface area (Å²) in [4.78, 5) is 1.36. The lowest BCUT2D eigenvalue weighted by Gasteiger charge is -2.07. The Morgan fingerprint density at radius 2 is 2.19 bits per heavy atom. The number of hydrogen-bond acceptors (Lipinski definition) is 2. The van der Waals surface area contributed by atoms with E-state index in [9.17, 15) is 0 Å². The number of hydrogen-bond donors (Lipinski definition) is 1. The number of halogens is 1. The number of thiophene rings is 1. The molecule has 2 aromatic heterocycles. The van der Waals surface area contributed by atoms with Crippen molar-refractivity contribution in [2.75, 3.05) is 0 Å². The van der Waals surface area contributed by atoms with Gasteiger partial charge in [-0.25, -0.2) is 0 Å². The van der Waals surface area contributed by atoms with Crippen LogP contribution in [0.5, 0.6) is 0 Å². The second kappa shape index (κ2) is 5.66. The van der Waals surface area contributed by atoms with Gasteiger partial charge in [0, 0.05) is 36.4 Å². The van der Waals surface area contributed by atoms with Crippen LogP contribution in [0, 0.1) is 0 Å². The first-order valence-electron chi connectivity index (χ1n) is 5.38. The minimum absolute atomic E-state index is 0.927. The normalized spacial score (nSPS) is 10.9. The van der Waals surface area contributed by atoms with Crippen LogP contribution in [0.3, 0.4) is 0 Å². The van der Waals surface area contributed by atoms with E-state index in [4.69, 9.17) is 0 Å². The highest BCUT2D eigenvalue weighted by Crippen LogP contribution is 2.21. The molecular weight excluding hydrogens is 284 g/mol. The molecule has 0 aliphatic carbocycles. The Kier molecular flexibility index (Phi) is 4.21. The van der Waals surface area contributed by atoms with Gasteiger partial charge in [0.05, 0.1) is 3.79 Å². The number of nitrogens with zero attached hydrogens (tertiary/aromatic N) is 1. The molecule has 0 radical (unpaired) electrons. The standard InChI is InChI=1S/C12H15BrN2S/c1-2-15-7-3-4-10(15)8-14-9-11-5-6-12(13)16-11/h3-7,14H,2,8-9H2,1H3. The predicted molar refractivity (Wildman–Crippen MR) is 72.7 cm³/mol. The lowest BCUT2D eigenvalue weighted by Crippen LogP contribution is -2.14. The molecule has 0 aliphatic rings. The first kappa shape index (κ1) is 11.9. The van der Waals surface area contributed by atoms with Crippen LogP contribution < -0.4 is 5.32 Å². The van der Waals surface area contributed by atoms with Crippen molar-refractivity contribution < 1.29 is 0 Å². The van der Waals surface area contributed by atoms with E-state index in [1.165, 1.54) is 14.4 Å². The first-order chi connectivity index (χ1) is 7.79. The Morgan fingerprint density at radius 1 is 1.31 bits per heavy atom. The van der Waals surface area contributed by atoms with E-state index in [1.54, 1.807) is 11.3 Å². The van der Waals surface area contributed by atoms with E-state index >= 15 is 0 Å². The van der Waals surface area contributed by atoms with Gasteiger partial charge < -0.3 is 9.88 Å². The number of aryl methyl sites for hydroxylation is 1. The maximum Gasteiger partial charge on any atom is 0.0701 e. The fraction of sp³-hybridized carbons (Fsp3) is 0.333. The minimum atomic E-state index is 0.927. The molecule has 86 valence electrons. The second-order valence-corrected chi connectivity index (χ2v) is 6.14. The molecule has 0 unspecified atom stereocenters. The Hall–Kier alpha value is -0.580. The maximum atomic E-state index is 3.47. The van der Waals surface area contributed by atoms with Crippen LogP contribution >= 0.6 is 27.3 Å². The molecule has 0 saturated carbocycles. The van der Waals surface area contributed by atoms with Gasteiger partial charge in [0.15, 0.2) is 0 Å². The van der Waals surface area contributed by atoms with E-state index in [1.807, 2.05) is 0 Å². The van der Waals surface area contributed by atoms with Crippen LogP contribution in [0.25, 0.3) is 0 Å². The van der Waals surface area contributed by atoms with Crippen LogP contribution in [0.15, 0.2) is 34.2 Å². The van der Waals surface area contributed by atoms with Gasteiger partial charge >= 0.3 is 0 Å². The molecule has 2 aromatic rings. The van der Waals surface area contributed by atoms with Crippen molar-refractivity contribution in [1.29, 1.82) is 0 Å². The number of nitrogens with one attached hydrogen (secondary N) is 1. The minimum Gasteiger partial charge on any atom is -0.351 e. The van der Waals surface area contributed by atoms with E-state index in [0.717, 1.165) is 19.6 Å². The molecule has 1 N–H and O–H groups in total. The molecule has 4 heteroatoms. The third kappa shape index (κ3) is 2.97. The lowest BCUT2D eigenvalue weighted by atomic mass is 10.4. The second-order valence-electron chi connectivity index (χ2n) is 3.59. The van der Waals surface area contributed by atoms with Gasteiger partial charge in [-0.05, 0) is 47.1 Å². The van der Waals surface area contributed by atoms with Crippen molar-refractivity contribution in [3.05, 3.63) is 44.8 Å².